The highest BCUT2D eigenvalue weighted by molar-refractivity contribution is 6.27. The molecule has 0 radical (unpaired) electrons. The Morgan fingerprint density at radius 1 is 1.35 bits per heavy atom. The number of amides is 1. The van der Waals surface area contributed by atoms with Crippen LogP contribution in [0.1, 0.15) is 18.9 Å². The Bertz CT molecular complexity index is 417. The van der Waals surface area contributed by atoms with Gasteiger partial charge in [0, 0.05) is 6.54 Å². The largest absolute Gasteiger partial charge is 0.385 e. The predicted molar refractivity (Wildman–Crippen MR) is 73.8 cm³/mol. The molecule has 0 aliphatic rings. The SMILES string of the molecule is CCC(C(O)C(F)F)N(Cc1ccccc1)C(=O)CCl. The zero-order valence-electron chi connectivity index (χ0n) is 11.2. The second-order valence-corrected chi connectivity index (χ2v) is 4.71. The molecule has 1 N–H and O–H groups in total. The van der Waals surface area contributed by atoms with Crippen LogP contribution in [0.2, 0.25) is 0 Å². The van der Waals surface area contributed by atoms with E-state index in [9.17, 15) is 18.7 Å². The minimum absolute atomic E-state index is 0.147. The van der Waals surface area contributed by atoms with Crippen LogP contribution in [-0.2, 0) is 11.3 Å². The third-order valence-corrected chi connectivity index (χ3v) is 3.33. The molecule has 1 aromatic rings. The summed E-state index contributed by atoms with van der Waals surface area (Å²) in [6, 6.07) is 8.03. The Hall–Kier alpha value is -1.20. The smallest absolute Gasteiger partial charge is 0.266 e. The van der Waals surface area contributed by atoms with Crippen molar-refractivity contribution >= 4 is 17.5 Å². The molecule has 3 nitrogen and oxygen atoms in total. The van der Waals surface area contributed by atoms with Crippen molar-refractivity contribution in [2.24, 2.45) is 0 Å². The molecule has 1 amide bonds. The Morgan fingerprint density at radius 3 is 2.40 bits per heavy atom. The highest BCUT2D eigenvalue weighted by atomic mass is 35.5. The van der Waals surface area contributed by atoms with Crippen LogP contribution in [0.25, 0.3) is 0 Å². The van der Waals surface area contributed by atoms with Crippen LogP contribution in [-0.4, -0.2) is 40.4 Å². The zero-order chi connectivity index (χ0) is 15.1. The second kappa shape index (κ2) is 8.17. The zero-order valence-corrected chi connectivity index (χ0v) is 11.9. The van der Waals surface area contributed by atoms with Crippen LogP contribution in [0.15, 0.2) is 30.3 Å². The first kappa shape index (κ1) is 16.9. The summed E-state index contributed by atoms with van der Waals surface area (Å²) >= 11 is 5.54. The number of nitrogens with zero attached hydrogens (tertiary/aromatic N) is 1. The fourth-order valence-electron chi connectivity index (χ4n) is 2.06. The summed E-state index contributed by atoms with van der Waals surface area (Å²) in [4.78, 5) is 13.1. The van der Waals surface area contributed by atoms with Gasteiger partial charge in [0.1, 0.15) is 12.0 Å². The minimum Gasteiger partial charge on any atom is -0.385 e. The van der Waals surface area contributed by atoms with Crippen LogP contribution >= 0.6 is 11.6 Å². The maximum atomic E-state index is 12.7. The first-order valence-electron chi connectivity index (χ1n) is 6.36. The lowest BCUT2D eigenvalue weighted by Crippen LogP contribution is -2.49. The minimum atomic E-state index is -2.90. The summed E-state index contributed by atoms with van der Waals surface area (Å²) in [5, 5.41) is 9.59. The van der Waals surface area contributed by atoms with Gasteiger partial charge in [-0.15, -0.1) is 11.6 Å². The summed E-state index contributed by atoms with van der Waals surface area (Å²) < 4.78 is 25.4. The van der Waals surface area contributed by atoms with E-state index < -0.39 is 24.5 Å². The molecule has 1 aromatic carbocycles. The lowest BCUT2D eigenvalue weighted by atomic mass is 10.1. The van der Waals surface area contributed by atoms with Crippen molar-refractivity contribution in [1.29, 1.82) is 0 Å². The molecule has 0 saturated heterocycles. The number of rotatable bonds is 7. The third-order valence-electron chi connectivity index (χ3n) is 3.10. The Kier molecular flexibility index (Phi) is 6.88. The quantitative estimate of drug-likeness (QED) is 0.787. The molecule has 0 spiro atoms. The molecule has 20 heavy (non-hydrogen) atoms. The van der Waals surface area contributed by atoms with Gasteiger partial charge in [0.15, 0.2) is 0 Å². The van der Waals surface area contributed by atoms with Crippen molar-refractivity contribution in [3.63, 3.8) is 0 Å². The second-order valence-electron chi connectivity index (χ2n) is 4.44. The van der Waals surface area contributed by atoms with Crippen LogP contribution in [0.4, 0.5) is 8.78 Å². The Labute approximate surface area is 122 Å². The van der Waals surface area contributed by atoms with Crippen molar-refractivity contribution in [1.82, 2.24) is 4.90 Å². The number of benzene rings is 1. The van der Waals surface area contributed by atoms with Crippen molar-refractivity contribution in [2.45, 2.75) is 38.5 Å². The van der Waals surface area contributed by atoms with Gasteiger partial charge in [-0.1, -0.05) is 37.3 Å². The number of carbonyl (C=O) groups is 1. The highest BCUT2D eigenvalue weighted by Crippen LogP contribution is 2.19. The topological polar surface area (TPSA) is 40.5 Å². The molecule has 0 aliphatic carbocycles. The molecule has 112 valence electrons. The van der Waals surface area contributed by atoms with E-state index in [-0.39, 0.29) is 18.8 Å². The molecular weight excluding hydrogens is 288 g/mol. The molecule has 6 heteroatoms. The van der Waals surface area contributed by atoms with Gasteiger partial charge in [0.05, 0.1) is 6.04 Å². The molecule has 2 atom stereocenters. The standard InChI is InChI=1S/C14H18ClF2NO2/c1-2-11(13(20)14(16)17)18(12(19)8-15)9-10-6-4-3-5-7-10/h3-7,11,13-14,20H,2,8-9H2,1H3. The third kappa shape index (κ3) is 4.42. The van der Waals surface area contributed by atoms with Gasteiger partial charge >= 0.3 is 0 Å². The van der Waals surface area contributed by atoms with Gasteiger partial charge < -0.3 is 10.0 Å². The molecule has 0 aromatic heterocycles. The summed E-state index contributed by atoms with van der Waals surface area (Å²) in [7, 11) is 0. The van der Waals surface area contributed by atoms with Crippen LogP contribution in [0.5, 0.6) is 0 Å². The van der Waals surface area contributed by atoms with Gasteiger partial charge in [-0.05, 0) is 12.0 Å². The molecular formula is C14H18ClF2NO2. The first-order chi connectivity index (χ1) is 9.51. The fourth-order valence-corrected chi connectivity index (χ4v) is 2.21. The fraction of sp³-hybridized carbons (Fsp3) is 0.500. The average molecular weight is 306 g/mol. The van der Waals surface area contributed by atoms with E-state index in [0.717, 1.165) is 5.56 Å². The maximum Gasteiger partial charge on any atom is 0.266 e. The van der Waals surface area contributed by atoms with Crippen molar-refractivity contribution in [3.05, 3.63) is 35.9 Å². The summed E-state index contributed by atoms with van der Waals surface area (Å²) in [5.74, 6) is -0.777. The lowest BCUT2D eigenvalue weighted by Gasteiger charge is -2.33. The van der Waals surface area contributed by atoms with E-state index >= 15 is 0 Å². The van der Waals surface area contributed by atoms with Gasteiger partial charge in [-0.3, -0.25) is 4.79 Å². The number of hydrogen-bond donors (Lipinski definition) is 1. The van der Waals surface area contributed by atoms with Crippen LogP contribution < -0.4 is 0 Å². The monoisotopic (exact) mass is 305 g/mol. The normalized spacial score (nSPS) is 14.1. The number of halogens is 3. The van der Waals surface area contributed by atoms with Gasteiger partial charge in [0.2, 0.25) is 5.91 Å². The molecule has 0 heterocycles. The van der Waals surface area contributed by atoms with Crippen molar-refractivity contribution < 1.29 is 18.7 Å². The molecule has 0 fully saturated rings. The lowest BCUT2D eigenvalue weighted by molar-refractivity contribution is -0.138. The highest BCUT2D eigenvalue weighted by Gasteiger charge is 2.33. The molecule has 0 saturated carbocycles. The van der Waals surface area contributed by atoms with Crippen LogP contribution in [0, 0.1) is 0 Å². The van der Waals surface area contributed by atoms with Crippen LogP contribution in [0.3, 0.4) is 0 Å². The summed E-state index contributed by atoms with van der Waals surface area (Å²) in [6.07, 6.45) is -4.56. The van der Waals surface area contributed by atoms with Crippen molar-refractivity contribution in [2.75, 3.05) is 5.88 Å². The Balaban J connectivity index is 2.95. The summed E-state index contributed by atoms with van der Waals surface area (Å²) in [6.45, 7) is 1.80. The van der Waals surface area contributed by atoms with Crippen molar-refractivity contribution in [3.8, 4) is 0 Å². The number of aliphatic hydroxyl groups excluding tert-OH is 1. The van der Waals surface area contributed by atoms with E-state index in [1.54, 1.807) is 31.2 Å². The Morgan fingerprint density at radius 2 is 1.95 bits per heavy atom. The van der Waals surface area contributed by atoms with Gasteiger partial charge in [0.25, 0.3) is 6.43 Å². The number of hydrogen-bond acceptors (Lipinski definition) is 2. The maximum absolute atomic E-state index is 12.7. The van der Waals surface area contributed by atoms with Gasteiger partial charge in [-0.25, -0.2) is 8.78 Å². The number of alkyl halides is 3. The molecule has 0 bridgehead atoms. The van der Waals surface area contributed by atoms with E-state index in [1.807, 2.05) is 6.07 Å². The predicted octanol–water partition coefficient (Wildman–Crippen LogP) is 2.66. The summed E-state index contributed by atoms with van der Waals surface area (Å²) in [5.41, 5.74) is 0.797. The molecule has 0 aliphatic heterocycles. The molecule has 2 unspecified atom stereocenters. The van der Waals surface area contributed by atoms with E-state index in [4.69, 9.17) is 11.6 Å². The molecule has 1 rings (SSSR count). The van der Waals surface area contributed by atoms with E-state index in [0.29, 0.717) is 0 Å². The van der Waals surface area contributed by atoms with E-state index in [2.05, 4.69) is 0 Å². The number of aliphatic hydroxyl groups is 1. The van der Waals surface area contributed by atoms with E-state index in [1.165, 1.54) is 4.90 Å². The first-order valence-corrected chi connectivity index (χ1v) is 6.90. The number of carbonyl (C=O) groups excluding carboxylic acids is 1. The van der Waals surface area contributed by atoms with Gasteiger partial charge in [-0.2, -0.15) is 0 Å². The average Bonchev–Trinajstić information content (AvgIpc) is 2.46.